The van der Waals surface area contributed by atoms with Gasteiger partial charge in [-0.15, -0.1) is 0 Å². The second kappa shape index (κ2) is 13.1. The van der Waals surface area contributed by atoms with Gasteiger partial charge in [-0.25, -0.2) is 4.79 Å². The summed E-state index contributed by atoms with van der Waals surface area (Å²) in [6.45, 7) is 6.00. The van der Waals surface area contributed by atoms with Crippen LogP contribution in [0.25, 0.3) is 0 Å². The molecule has 10 nitrogen and oxygen atoms in total. The minimum absolute atomic E-state index is 0.0217. The zero-order chi connectivity index (χ0) is 27.7. The van der Waals surface area contributed by atoms with E-state index in [0.717, 1.165) is 11.1 Å². The Hall–Kier alpha value is -3.86. The van der Waals surface area contributed by atoms with Crippen molar-refractivity contribution in [1.82, 2.24) is 21.3 Å². The quantitative estimate of drug-likeness (QED) is 0.241. The first kappa shape index (κ1) is 28.7. The summed E-state index contributed by atoms with van der Waals surface area (Å²) in [6.07, 6.45) is 0.432. The van der Waals surface area contributed by atoms with Gasteiger partial charge in [0.05, 0.1) is 16.3 Å². The molecule has 2 aromatic carbocycles. The van der Waals surface area contributed by atoms with E-state index in [2.05, 4.69) is 31.5 Å². The van der Waals surface area contributed by atoms with Crippen molar-refractivity contribution in [2.45, 2.75) is 57.9 Å². The standard InChI is InChI=1S/C27H33N4O6Si/c1-4-20(23(32)24(33)28-15-19-10-11-21-22(12-19)37-16-36-21)30-25(34)27(38,13-17(2)3)31-26(35)29-14-18-8-6-5-7-9-18/h5-12,17,20H,4,13-16H2,1-3H3,(H,28,33)(H,30,34)(H2,29,31,35)/t20?,27-/m0/s1. The van der Waals surface area contributed by atoms with Gasteiger partial charge in [0.25, 0.3) is 5.91 Å². The van der Waals surface area contributed by atoms with Crippen LogP contribution in [-0.2, 0) is 27.5 Å². The number of ketones is 1. The molecule has 0 saturated heterocycles. The highest BCUT2D eigenvalue weighted by Gasteiger charge is 2.38. The van der Waals surface area contributed by atoms with Crippen molar-refractivity contribution in [2.75, 3.05) is 6.79 Å². The minimum atomic E-state index is -1.49. The van der Waals surface area contributed by atoms with E-state index in [1.54, 1.807) is 25.1 Å². The molecule has 1 heterocycles. The van der Waals surface area contributed by atoms with E-state index in [4.69, 9.17) is 9.47 Å². The molecular weight excluding hydrogens is 504 g/mol. The highest BCUT2D eigenvalue weighted by atomic mass is 28.1. The zero-order valence-corrected chi connectivity index (χ0v) is 22.8. The van der Waals surface area contributed by atoms with E-state index < -0.39 is 34.8 Å². The number of amides is 4. The molecule has 0 fully saturated rings. The summed E-state index contributed by atoms with van der Waals surface area (Å²) in [5.74, 6) is -1.03. The summed E-state index contributed by atoms with van der Waals surface area (Å²) in [5, 5.41) is 9.13. The summed E-state index contributed by atoms with van der Waals surface area (Å²) in [5.41, 5.74) is 1.63. The SMILES string of the molecule is CCC(NC(=O)[C@@]([Si])(CC(C)C)NC(=O)NCc1ccccc1)C(=O)C(=O)NCc1ccc2c(c1)OCO2. The van der Waals surface area contributed by atoms with Crippen LogP contribution in [0.4, 0.5) is 4.79 Å². The molecule has 0 bridgehead atoms. The molecule has 1 aliphatic rings. The maximum atomic E-state index is 13.3. The number of carbonyl (C=O) groups excluding carboxylic acids is 4. The summed E-state index contributed by atoms with van der Waals surface area (Å²) < 4.78 is 10.6. The topological polar surface area (TPSA) is 135 Å². The van der Waals surface area contributed by atoms with Gasteiger partial charge in [-0.3, -0.25) is 14.4 Å². The Balaban J connectivity index is 1.59. The first-order chi connectivity index (χ1) is 18.1. The van der Waals surface area contributed by atoms with E-state index in [9.17, 15) is 19.2 Å². The van der Waals surface area contributed by atoms with Gasteiger partial charge in [0.15, 0.2) is 11.5 Å². The number of nitrogens with one attached hydrogen (secondary N) is 4. The van der Waals surface area contributed by atoms with Crippen LogP contribution in [0.3, 0.4) is 0 Å². The first-order valence-corrected chi connectivity index (χ1v) is 13.0. The number of urea groups is 1. The Kier molecular flexibility index (Phi) is 9.89. The number of carbonyl (C=O) groups is 4. The van der Waals surface area contributed by atoms with Crippen molar-refractivity contribution in [3.63, 3.8) is 0 Å². The highest BCUT2D eigenvalue weighted by molar-refractivity contribution is 6.39. The molecule has 0 spiro atoms. The second-order valence-corrected chi connectivity index (χ2v) is 10.3. The molecule has 0 aromatic heterocycles. The lowest BCUT2D eigenvalue weighted by Gasteiger charge is -2.32. The van der Waals surface area contributed by atoms with Crippen LogP contribution >= 0.6 is 0 Å². The predicted octanol–water partition coefficient (Wildman–Crippen LogP) is 1.91. The van der Waals surface area contributed by atoms with Crippen LogP contribution in [-0.4, -0.2) is 51.9 Å². The molecule has 4 amide bonds. The molecule has 3 radical (unpaired) electrons. The minimum Gasteiger partial charge on any atom is -0.454 e. The van der Waals surface area contributed by atoms with Gasteiger partial charge in [-0.05, 0) is 42.0 Å². The lowest BCUT2D eigenvalue weighted by atomic mass is 10.0. The van der Waals surface area contributed by atoms with Crippen LogP contribution in [0.1, 0.15) is 44.7 Å². The molecule has 3 rings (SSSR count). The van der Waals surface area contributed by atoms with Gasteiger partial charge in [-0.1, -0.05) is 57.2 Å². The molecular formula is C27H33N4O6Si. The lowest BCUT2D eigenvalue weighted by Crippen LogP contribution is -2.64. The number of benzene rings is 2. The van der Waals surface area contributed by atoms with E-state index >= 15 is 0 Å². The third kappa shape index (κ3) is 7.82. The number of ether oxygens (including phenoxy) is 2. The van der Waals surface area contributed by atoms with Crippen molar-refractivity contribution >= 4 is 33.9 Å². The van der Waals surface area contributed by atoms with Crippen molar-refractivity contribution in [2.24, 2.45) is 5.92 Å². The fraction of sp³-hybridized carbons (Fsp3) is 0.407. The Labute approximate surface area is 225 Å². The zero-order valence-electron chi connectivity index (χ0n) is 21.8. The van der Waals surface area contributed by atoms with Crippen molar-refractivity contribution in [1.29, 1.82) is 0 Å². The number of hydrogen-bond donors (Lipinski definition) is 4. The molecule has 4 N–H and O–H groups in total. The summed E-state index contributed by atoms with van der Waals surface area (Å²) in [6, 6.07) is 12.9. The summed E-state index contributed by atoms with van der Waals surface area (Å²) in [7, 11) is 3.46. The molecule has 11 heteroatoms. The Morgan fingerprint density at radius 2 is 1.63 bits per heavy atom. The third-order valence-corrected chi connectivity index (χ3v) is 6.42. The first-order valence-electron chi connectivity index (χ1n) is 12.5. The Morgan fingerprint density at radius 1 is 0.947 bits per heavy atom. The van der Waals surface area contributed by atoms with Gasteiger partial charge >= 0.3 is 6.03 Å². The van der Waals surface area contributed by atoms with E-state index in [1.807, 2.05) is 44.2 Å². The normalized spacial score (nSPS) is 14.2. The van der Waals surface area contributed by atoms with Crippen molar-refractivity contribution < 1.29 is 28.7 Å². The van der Waals surface area contributed by atoms with Gasteiger partial charge < -0.3 is 30.7 Å². The van der Waals surface area contributed by atoms with E-state index in [-0.39, 0.29) is 38.6 Å². The number of hydrogen-bond acceptors (Lipinski definition) is 6. The number of rotatable bonds is 12. The summed E-state index contributed by atoms with van der Waals surface area (Å²) in [4.78, 5) is 51.4. The molecule has 0 aliphatic carbocycles. The van der Waals surface area contributed by atoms with Crippen LogP contribution in [0.15, 0.2) is 48.5 Å². The number of fused-ring (bicyclic) bond motifs is 1. The van der Waals surface area contributed by atoms with E-state index in [1.165, 1.54) is 0 Å². The monoisotopic (exact) mass is 537 g/mol. The van der Waals surface area contributed by atoms with Crippen molar-refractivity contribution in [3.05, 3.63) is 59.7 Å². The fourth-order valence-electron chi connectivity index (χ4n) is 3.94. The largest absolute Gasteiger partial charge is 0.454 e. The molecule has 1 unspecified atom stereocenters. The van der Waals surface area contributed by atoms with Crippen LogP contribution in [0.2, 0.25) is 0 Å². The predicted molar refractivity (Wildman–Crippen MR) is 141 cm³/mol. The van der Waals surface area contributed by atoms with Gasteiger partial charge in [0, 0.05) is 13.1 Å². The second-order valence-electron chi connectivity index (χ2n) is 9.47. The van der Waals surface area contributed by atoms with Crippen LogP contribution in [0.5, 0.6) is 11.5 Å². The Morgan fingerprint density at radius 3 is 2.32 bits per heavy atom. The van der Waals surface area contributed by atoms with E-state index in [0.29, 0.717) is 11.5 Å². The smallest absolute Gasteiger partial charge is 0.315 e. The van der Waals surface area contributed by atoms with Crippen LogP contribution < -0.4 is 30.7 Å². The molecule has 2 atom stereocenters. The summed E-state index contributed by atoms with van der Waals surface area (Å²) >= 11 is 0. The number of Topliss-reactive ketones (excluding diaryl/α,β-unsaturated/α-hetero) is 1. The van der Waals surface area contributed by atoms with Gasteiger partial charge in [0.2, 0.25) is 18.5 Å². The van der Waals surface area contributed by atoms with Gasteiger partial charge in [0.1, 0.15) is 5.16 Å². The maximum absolute atomic E-state index is 13.3. The third-order valence-electron chi connectivity index (χ3n) is 5.87. The molecule has 201 valence electrons. The average molecular weight is 538 g/mol. The Bertz CT molecular complexity index is 1160. The molecule has 0 saturated carbocycles. The lowest BCUT2D eigenvalue weighted by molar-refractivity contribution is -0.140. The molecule has 2 aromatic rings. The van der Waals surface area contributed by atoms with Crippen LogP contribution in [0, 0.1) is 5.92 Å². The fourth-order valence-corrected chi connectivity index (χ4v) is 4.54. The maximum Gasteiger partial charge on any atom is 0.315 e. The van der Waals surface area contributed by atoms with Crippen molar-refractivity contribution in [3.8, 4) is 11.5 Å². The molecule has 1 aliphatic heterocycles. The average Bonchev–Trinajstić information content (AvgIpc) is 3.36. The molecule has 38 heavy (non-hydrogen) atoms. The highest BCUT2D eigenvalue weighted by Crippen LogP contribution is 2.32. The van der Waals surface area contributed by atoms with Gasteiger partial charge in [-0.2, -0.15) is 0 Å².